The topological polar surface area (TPSA) is 51.2 Å². The molecule has 0 N–H and O–H groups in total. The Bertz CT molecular complexity index is 1160. The van der Waals surface area contributed by atoms with Crippen molar-refractivity contribution in [3.63, 3.8) is 0 Å². The Morgan fingerprint density at radius 1 is 0.912 bits per heavy atom. The molecule has 2 fully saturated rings. The van der Waals surface area contributed by atoms with Crippen LogP contribution in [0.25, 0.3) is 0 Å². The fraction of sp³-hybridized carbons (Fsp3) is 0.321. The van der Waals surface area contributed by atoms with Gasteiger partial charge in [0.05, 0.1) is 13.0 Å². The standard InChI is InChI=1S/C28H28N2O4/c31-27(14-21-11-12-25-26(13-21)34-20-33-25)29-15-22(16-32-24-9-5-2-6-10-24)28(17-29)18-30(19-28)23-7-3-1-4-8-23/h1-13,22H,14-20H2. The van der Waals surface area contributed by atoms with Crippen LogP contribution in [0.1, 0.15) is 5.56 Å². The first-order valence-electron chi connectivity index (χ1n) is 11.8. The van der Waals surface area contributed by atoms with Gasteiger partial charge in [-0.15, -0.1) is 0 Å². The highest BCUT2D eigenvalue weighted by atomic mass is 16.7. The van der Waals surface area contributed by atoms with Crippen molar-refractivity contribution >= 4 is 11.6 Å². The van der Waals surface area contributed by atoms with Gasteiger partial charge in [0.1, 0.15) is 5.75 Å². The van der Waals surface area contributed by atoms with Gasteiger partial charge in [0.15, 0.2) is 11.5 Å². The first-order valence-corrected chi connectivity index (χ1v) is 11.8. The second-order valence-corrected chi connectivity index (χ2v) is 9.51. The smallest absolute Gasteiger partial charge is 0.231 e. The molecule has 0 aromatic heterocycles. The Labute approximate surface area is 199 Å². The molecule has 3 aliphatic rings. The Morgan fingerprint density at radius 3 is 2.44 bits per heavy atom. The van der Waals surface area contributed by atoms with Crippen LogP contribution in [0, 0.1) is 11.3 Å². The molecule has 1 spiro atoms. The number of anilines is 1. The minimum absolute atomic E-state index is 0.0508. The van der Waals surface area contributed by atoms with Gasteiger partial charge in [0.25, 0.3) is 0 Å². The zero-order valence-corrected chi connectivity index (χ0v) is 19.1. The molecule has 1 unspecified atom stereocenters. The summed E-state index contributed by atoms with van der Waals surface area (Å²) >= 11 is 0. The lowest BCUT2D eigenvalue weighted by molar-refractivity contribution is -0.130. The molecule has 2 saturated heterocycles. The lowest BCUT2D eigenvalue weighted by Gasteiger charge is -2.52. The van der Waals surface area contributed by atoms with E-state index in [0.717, 1.165) is 49.0 Å². The second-order valence-electron chi connectivity index (χ2n) is 9.51. The number of likely N-dealkylation sites (tertiary alicyclic amines) is 1. The van der Waals surface area contributed by atoms with Gasteiger partial charge in [-0.1, -0.05) is 42.5 Å². The van der Waals surface area contributed by atoms with Crippen LogP contribution >= 0.6 is 0 Å². The third-order valence-corrected chi connectivity index (χ3v) is 7.28. The third kappa shape index (κ3) is 3.94. The summed E-state index contributed by atoms with van der Waals surface area (Å²) in [7, 11) is 0. The number of hydrogen-bond acceptors (Lipinski definition) is 5. The van der Waals surface area contributed by atoms with Crippen molar-refractivity contribution in [2.45, 2.75) is 6.42 Å². The summed E-state index contributed by atoms with van der Waals surface area (Å²) in [4.78, 5) is 17.8. The molecule has 3 aromatic carbocycles. The number of para-hydroxylation sites is 2. The summed E-state index contributed by atoms with van der Waals surface area (Å²) in [6.45, 7) is 4.21. The van der Waals surface area contributed by atoms with E-state index in [1.54, 1.807) is 0 Å². The highest BCUT2D eigenvalue weighted by Gasteiger charge is 2.55. The molecular weight excluding hydrogens is 428 g/mol. The molecule has 0 aliphatic carbocycles. The van der Waals surface area contributed by atoms with E-state index in [1.807, 2.05) is 59.5 Å². The monoisotopic (exact) mass is 456 g/mol. The quantitative estimate of drug-likeness (QED) is 0.561. The van der Waals surface area contributed by atoms with Crippen molar-refractivity contribution < 1.29 is 19.0 Å². The Hall–Kier alpha value is -3.67. The molecule has 174 valence electrons. The number of carbonyl (C=O) groups excluding carboxylic acids is 1. The van der Waals surface area contributed by atoms with Gasteiger partial charge in [-0.3, -0.25) is 4.79 Å². The normalized spacial score (nSPS) is 19.8. The number of hydrogen-bond donors (Lipinski definition) is 0. The lowest BCUT2D eigenvalue weighted by atomic mass is 9.71. The minimum atomic E-state index is 0.0508. The zero-order valence-electron chi connectivity index (χ0n) is 19.1. The first kappa shape index (κ1) is 20.9. The highest BCUT2D eigenvalue weighted by molar-refractivity contribution is 5.79. The van der Waals surface area contributed by atoms with Crippen molar-refractivity contribution in [2.75, 3.05) is 44.5 Å². The number of rotatable bonds is 6. The summed E-state index contributed by atoms with van der Waals surface area (Å²) in [5, 5.41) is 0. The van der Waals surface area contributed by atoms with E-state index in [0.29, 0.717) is 13.0 Å². The number of fused-ring (bicyclic) bond motifs is 1. The van der Waals surface area contributed by atoms with E-state index in [2.05, 4.69) is 29.2 Å². The number of nitrogens with zero attached hydrogens (tertiary/aromatic N) is 2. The molecule has 3 heterocycles. The third-order valence-electron chi connectivity index (χ3n) is 7.28. The summed E-state index contributed by atoms with van der Waals surface area (Å²) in [6, 6.07) is 26.2. The molecule has 6 nitrogen and oxygen atoms in total. The van der Waals surface area contributed by atoms with E-state index in [1.165, 1.54) is 5.69 Å². The summed E-state index contributed by atoms with van der Waals surface area (Å²) < 4.78 is 17.0. The van der Waals surface area contributed by atoms with E-state index in [9.17, 15) is 4.79 Å². The van der Waals surface area contributed by atoms with Gasteiger partial charge < -0.3 is 24.0 Å². The number of carbonyl (C=O) groups is 1. The average Bonchev–Trinajstić information content (AvgIpc) is 3.47. The van der Waals surface area contributed by atoms with Gasteiger partial charge in [-0.25, -0.2) is 0 Å². The van der Waals surface area contributed by atoms with Gasteiger partial charge >= 0.3 is 0 Å². The van der Waals surface area contributed by atoms with E-state index in [4.69, 9.17) is 14.2 Å². The highest BCUT2D eigenvalue weighted by Crippen LogP contribution is 2.46. The lowest BCUT2D eigenvalue weighted by Crippen LogP contribution is -2.61. The van der Waals surface area contributed by atoms with E-state index < -0.39 is 0 Å². The first-order chi connectivity index (χ1) is 16.7. The van der Waals surface area contributed by atoms with E-state index >= 15 is 0 Å². The van der Waals surface area contributed by atoms with E-state index in [-0.39, 0.29) is 24.0 Å². The number of amides is 1. The largest absolute Gasteiger partial charge is 0.493 e. The van der Waals surface area contributed by atoms with Crippen LogP contribution < -0.4 is 19.1 Å². The zero-order chi connectivity index (χ0) is 23.0. The van der Waals surface area contributed by atoms with Crippen LogP contribution in [-0.2, 0) is 11.2 Å². The molecule has 0 radical (unpaired) electrons. The fourth-order valence-electron chi connectivity index (χ4n) is 5.40. The van der Waals surface area contributed by atoms with Crippen LogP contribution in [0.4, 0.5) is 5.69 Å². The van der Waals surface area contributed by atoms with Gasteiger partial charge in [0.2, 0.25) is 12.7 Å². The molecular formula is C28H28N2O4. The maximum Gasteiger partial charge on any atom is 0.231 e. The van der Waals surface area contributed by atoms with Crippen molar-refractivity contribution in [3.8, 4) is 17.2 Å². The molecule has 0 saturated carbocycles. The SMILES string of the molecule is O=C(Cc1ccc2c(c1)OCO2)N1CC(COc2ccccc2)C2(C1)CN(c1ccccc1)C2. The molecule has 6 heteroatoms. The molecule has 3 aromatic rings. The molecule has 34 heavy (non-hydrogen) atoms. The van der Waals surface area contributed by atoms with Crippen LogP contribution in [0.5, 0.6) is 17.2 Å². The Balaban J connectivity index is 1.16. The Kier molecular flexibility index (Phi) is 5.28. The molecule has 1 atom stereocenters. The maximum atomic E-state index is 13.3. The minimum Gasteiger partial charge on any atom is -0.493 e. The van der Waals surface area contributed by atoms with Crippen LogP contribution in [0.3, 0.4) is 0 Å². The van der Waals surface area contributed by atoms with Crippen molar-refractivity contribution in [1.29, 1.82) is 0 Å². The summed E-state index contributed by atoms with van der Waals surface area (Å²) in [6.07, 6.45) is 0.362. The van der Waals surface area contributed by atoms with Gasteiger partial charge in [-0.05, 0) is 42.0 Å². The molecule has 3 aliphatic heterocycles. The van der Waals surface area contributed by atoms with Crippen LogP contribution in [0.15, 0.2) is 78.9 Å². The van der Waals surface area contributed by atoms with Gasteiger partial charge in [-0.2, -0.15) is 0 Å². The van der Waals surface area contributed by atoms with Gasteiger partial charge in [0, 0.05) is 43.2 Å². The molecule has 0 bridgehead atoms. The summed E-state index contributed by atoms with van der Waals surface area (Å²) in [5.74, 6) is 2.77. The van der Waals surface area contributed by atoms with Crippen LogP contribution in [-0.4, -0.2) is 50.4 Å². The fourth-order valence-corrected chi connectivity index (χ4v) is 5.40. The van der Waals surface area contributed by atoms with Crippen LogP contribution in [0.2, 0.25) is 0 Å². The Morgan fingerprint density at radius 2 is 1.65 bits per heavy atom. The number of ether oxygens (including phenoxy) is 3. The van der Waals surface area contributed by atoms with Crippen molar-refractivity contribution in [1.82, 2.24) is 4.90 Å². The average molecular weight is 457 g/mol. The number of benzene rings is 3. The van der Waals surface area contributed by atoms with Crippen molar-refractivity contribution in [3.05, 3.63) is 84.4 Å². The molecule has 6 rings (SSSR count). The second kappa shape index (κ2) is 8.60. The van der Waals surface area contributed by atoms with Crippen molar-refractivity contribution in [2.24, 2.45) is 11.3 Å². The molecule has 1 amide bonds. The predicted molar refractivity (Wildman–Crippen MR) is 129 cm³/mol. The predicted octanol–water partition coefficient (Wildman–Crippen LogP) is 4.00. The summed E-state index contributed by atoms with van der Waals surface area (Å²) in [5.41, 5.74) is 2.24. The maximum absolute atomic E-state index is 13.3.